The predicted octanol–water partition coefficient (Wildman–Crippen LogP) is 10.4. The fourth-order valence-corrected chi connectivity index (χ4v) is 6.14. The Morgan fingerprint density at radius 1 is 0.837 bits per heavy atom. The Bertz CT molecular complexity index is 1210. The lowest BCUT2D eigenvalue weighted by Gasteiger charge is -2.29. The molecule has 2 saturated carbocycles. The molecule has 0 radical (unpaired) electrons. The van der Waals surface area contributed by atoms with Crippen molar-refractivity contribution in [3.8, 4) is 5.75 Å². The molecule has 1 aromatic carbocycles. The van der Waals surface area contributed by atoms with Crippen molar-refractivity contribution in [1.29, 1.82) is 0 Å². The van der Waals surface area contributed by atoms with E-state index in [0.29, 0.717) is 29.9 Å². The van der Waals surface area contributed by atoms with Crippen LogP contribution in [-0.4, -0.2) is 23.1 Å². The summed E-state index contributed by atoms with van der Waals surface area (Å²) in [5, 5.41) is 0. The highest BCUT2D eigenvalue weighted by Crippen LogP contribution is 2.51. The number of nitrogens with zero attached hydrogens (tertiary/aromatic N) is 1. The molecule has 2 fully saturated rings. The number of pyridine rings is 1. The van der Waals surface area contributed by atoms with E-state index in [9.17, 15) is 35.5 Å². The van der Waals surface area contributed by atoms with Gasteiger partial charge in [-0.15, -0.1) is 0 Å². The number of hydrogen-bond donors (Lipinski definition) is 0. The summed E-state index contributed by atoms with van der Waals surface area (Å²) in [5.41, 5.74) is -0.614. The molecule has 0 spiro atoms. The zero-order valence-electron chi connectivity index (χ0n) is 24.2. The molecule has 1 heterocycles. The number of ether oxygens (including phenoxy) is 1. The molecule has 2 aromatic rings. The van der Waals surface area contributed by atoms with Gasteiger partial charge in [-0.1, -0.05) is 44.4 Å². The third kappa shape index (κ3) is 7.98. The molecular formula is C33H38F7NO2. The van der Waals surface area contributed by atoms with Gasteiger partial charge in [0.25, 0.3) is 0 Å². The lowest BCUT2D eigenvalue weighted by Crippen LogP contribution is -2.49. The van der Waals surface area contributed by atoms with Crippen LogP contribution in [0, 0.1) is 17.8 Å². The van der Waals surface area contributed by atoms with Gasteiger partial charge in [0.1, 0.15) is 11.4 Å². The van der Waals surface area contributed by atoms with Gasteiger partial charge in [0.15, 0.2) is 0 Å². The molecule has 0 unspecified atom stereocenters. The van der Waals surface area contributed by atoms with E-state index in [0.717, 1.165) is 49.3 Å². The minimum absolute atomic E-state index is 0.0530. The van der Waals surface area contributed by atoms with Gasteiger partial charge in [0, 0.05) is 11.8 Å². The van der Waals surface area contributed by atoms with Crippen LogP contribution in [-0.2, 0) is 5.92 Å². The maximum Gasteiger partial charge on any atom is 0.460 e. The van der Waals surface area contributed by atoms with Gasteiger partial charge in [0.05, 0.1) is 0 Å². The van der Waals surface area contributed by atoms with Crippen LogP contribution in [0.3, 0.4) is 0 Å². The SMILES string of the molecule is CCCCC1CCC(/C=C/C2CCC(c3ccc(C(=O)Oc4ccc(C(F)(F)C(F)(F)C(F)(F)F)cc4)nc3)CC2)CC1. The summed E-state index contributed by atoms with van der Waals surface area (Å²) in [4.78, 5) is 16.6. The fourth-order valence-electron chi connectivity index (χ4n) is 6.14. The van der Waals surface area contributed by atoms with Crippen molar-refractivity contribution in [1.82, 2.24) is 4.98 Å². The topological polar surface area (TPSA) is 39.2 Å². The molecule has 236 valence electrons. The highest BCUT2D eigenvalue weighted by atomic mass is 19.4. The lowest BCUT2D eigenvalue weighted by molar-refractivity contribution is -0.359. The van der Waals surface area contributed by atoms with Crippen LogP contribution < -0.4 is 4.74 Å². The minimum Gasteiger partial charge on any atom is -0.422 e. The molecule has 0 atom stereocenters. The molecule has 2 aliphatic rings. The number of benzene rings is 1. The normalized spacial score (nSPS) is 23.8. The van der Waals surface area contributed by atoms with Crippen LogP contribution in [0.2, 0.25) is 0 Å². The Balaban J connectivity index is 1.25. The van der Waals surface area contributed by atoms with Gasteiger partial charge in [-0.3, -0.25) is 0 Å². The summed E-state index contributed by atoms with van der Waals surface area (Å²) in [6, 6.07) is 5.48. The van der Waals surface area contributed by atoms with Crippen LogP contribution in [0.15, 0.2) is 54.7 Å². The number of carbonyl (C=O) groups excluding carboxylic acids is 1. The molecule has 0 aliphatic heterocycles. The van der Waals surface area contributed by atoms with Gasteiger partial charge in [-0.05, 0) is 111 Å². The van der Waals surface area contributed by atoms with Crippen molar-refractivity contribution in [2.24, 2.45) is 17.8 Å². The number of alkyl halides is 7. The summed E-state index contributed by atoms with van der Waals surface area (Å²) in [6.07, 6.45) is 13.5. The zero-order chi connectivity index (χ0) is 31.3. The van der Waals surface area contributed by atoms with Gasteiger partial charge in [0.2, 0.25) is 0 Å². The highest BCUT2D eigenvalue weighted by Gasteiger charge is 2.73. The number of allylic oxidation sites excluding steroid dienone is 2. The van der Waals surface area contributed by atoms with Gasteiger partial charge in [-0.25, -0.2) is 9.78 Å². The second kappa shape index (κ2) is 13.8. The lowest BCUT2D eigenvalue weighted by atomic mass is 9.77. The Morgan fingerprint density at radius 2 is 1.42 bits per heavy atom. The van der Waals surface area contributed by atoms with Crippen molar-refractivity contribution < 1.29 is 40.3 Å². The number of aromatic nitrogens is 1. The van der Waals surface area contributed by atoms with Gasteiger partial charge in [-0.2, -0.15) is 30.7 Å². The van der Waals surface area contributed by atoms with E-state index in [-0.39, 0.29) is 11.4 Å². The van der Waals surface area contributed by atoms with Crippen molar-refractivity contribution in [3.63, 3.8) is 0 Å². The monoisotopic (exact) mass is 613 g/mol. The molecular weight excluding hydrogens is 575 g/mol. The minimum atomic E-state index is -6.44. The molecule has 2 aliphatic carbocycles. The molecule has 43 heavy (non-hydrogen) atoms. The standard InChI is InChI=1S/C33H38F7NO2/c1-2-3-4-22-5-7-23(8-6-22)9-10-24-11-13-25(14-12-24)26-15-20-29(41-21-26)30(42)43-28-18-16-27(17-19-28)31(34,35)32(36,37)33(38,39)40/h9-10,15-25H,2-8,11-14H2,1H3/b10-9+. The van der Waals surface area contributed by atoms with E-state index < -0.39 is 29.6 Å². The summed E-state index contributed by atoms with van der Waals surface area (Å²) >= 11 is 0. The van der Waals surface area contributed by atoms with E-state index in [1.807, 2.05) is 0 Å². The first-order valence-corrected chi connectivity index (χ1v) is 15.1. The average Bonchev–Trinajstić information content (AvgIpc) is 2.99. The van der Waals surface area contributed by atoms with Crippen LogP contribution >= 0.6 is 0 Å². The van der Waals surface area contributed by atoms with Gasteiger partial charge < -0.3 is 4.74 Å². The number of unbranched alkanes of at least 4 members (excludes halogenated alkanes) is 1. The van der Waals surface area contributed by atoms with Crippen LogP contribution in [0.25, 0.3) is 0 Å². The van der Waals surface area contributed by atoms with Gasteiger partial charge >= 0.3 is 24.0 Å². The van der Waals surface area contributed by atoms with E-state index >= 15 is 0 Å². The fraction of sp³-hybridized carbons (Fsp3) is 0.576. The second-order valence-electron chi connectivity index (χ2n) is 12.0. The summed E-state index contributed by atoms with van der Waals surface area (Å²) in [5.74, 6) is -10.5. The molecule has 0 saturated heterocycles. The number of esters is 1. The van der Waals surface area contributed by atoms with Crippen LogP contribution in [0.1, 0.15) is 105 Å². The molecule has 1 aromatic heterocycles. The summed E-state index contributed by atoms with van der Waals surface area (Å²) in [7, 11) is 0. The van der Waals surface area contributed by atoms with Crippen molar-refractivity contribution in [2.75, 3.05) is 0 Å². The smallest absolute Gasteiger partial charge is 0.422 e. The average molecular weight is 614 g/mol. The number of halogens is 7. The maximum atomic E-state index is 13.9. The molecule has 3 nitrogen and oxygen atoms in total. The summed E-state index contributed by atoms with van der Waals surface area (Å²) in [6.45, 7) is 2.25. The molecule has 0 bridgehead atoms. The van der Waals surface area contributed by atoms with Crippen LogP contribution in [0.4, 0.5) is 30.7 Å². The quantitative estimate of drug-likeness (QED) is 0.116. The highest BCUT2D eigenvalue weighted by molar-refractivity contribution is 5.89. The summed E-state index contributed by atoms with van der Waals surface area (Å²) < 4.78 is 96.7. The molecule has 10 heteroatoms. The van der Waals surface area contributed by atoms with E-state index in [4.69, 9.17) is 4.74 Å². The van der Waals surface area contributed by atoms with Crippen molar-refractivity contribution in [3.05, 3.63) is 71.6 Å². The number of carbonyl (C=O) groups is 1. The van der Waals surface area contributed by atoms with E-state index in [1.165, 1.54) is 51.0 Å². The van der Waals surface area contributed by atoms with E-state index in [2.05, 4.69) is 24.1 Å². The predicted molar refractivity (Wildman–Crippen MR) is 149 cm³/mol. The molecule has 0 amide bonds. The van der Waals surface area contributed by atoms with Crippen molar-refractivity contribution >= 4 is 5.97 Å². The third-order valence-corrected chi connectivity index (χ3v) is 8.93. The Morgan fingerprint density at radius 3 is 1.93 bits per heavy atom. The van der Waals surface area contributed by atoms with Crippen LogP contribution in [0.5, 0.6) is 5.75 Å². The first kappa shape index (κ1) is 33.0. The zero-order valence-corrected chi connectivity index (χ0v) is 24.2. The Kier molecular flexibility index (Phi) is 10.6. The first-order chi connectivity index (χ1) is 20.3. The molecule has 4 rings (SSSR count). The number of rotatable bonds is 10. The van der Waals surface area contributed by atoms with E-state index in [1.54, 1.807) is 12.3 Å². The maximum absolute atomic E-state index is 13.9. The largest absolute Gasteiger partial charge is 0.460 e. The Hall–Kier alpha value is -2.91. The third-order valence-electron chi connectivity index (χ3n) is 8.93. The first-order valence-electron chi connectivity index (χ1n) is 15.1. The van der Waals surface area contributed by atoms with Crippen molar-refractivity contribution in [2.45, 2.75) is 101 Å². The second-order valence-corrected chi connectivity index (χ2v) is 12.0. The molecule has 0 N–H and O–H groups in total. The number of hydrogen-bond acceptors (Lipinski definition) is 3. The Labute approximate surface area is 247 Å².